The molecule has 0 atom stereocenters. The van der Waals surface area contributed by atoms with Gasteiger partial charge in [0.25, 0.3) is 0 Å². The molecule has 16 heavy (non-hydrogen) atoms. The van der Waals surface area contributed by atoms with Gasteiger partial charge in [-0.25, -0.2) is 8.78 Å². The second-order valence-electron chi connectivity index (χ2n) is 3.32. The number of aliphatic hydroxyl groups excluding tert-OH is 1. The molecule has 0 aliphatic rings. The number of hydrogen-bond donors (Lipinski definition) is 1. The number of benzene rings is 1. The first kappa shape index (κ1) is 10.7. The zero-order valence-electron chi connectivity index (χ0n) is 8.32. The molecule has 0 saturated heterocycles. The van der Waals surface area contributed by atoms with Crippen molar-refractivity contribution in [2.45, 2.75) is 6.61 Å². The molecule has 0 unspecified atom stereocenters. The van der Waals surface area contributed by atoms with Crippen molar-refractivity contribution in [2.24, 2.45) is 0 Å². The highest BCUT2D eigenvalue weighted by Crippen LogP contribution is 2.21. The first-order valence-corrected chi connectivity index (χ1v) is 4.72. The molecule has 0 aliphatic heterocycles. The first-order valence-electron chi connectivity index (χ1n) is 4.72. The lowest BCUT2D eigenvalue weighted by Gasteiger charge is -2.03. The van der Waals surface area contributed by atoms with Gasteiger partial charge < -0.3 is 5.11 Å². The van der Waals surface area contributed by atoms with Crippen LogP contribution in [0.1, 0.15) is 5.69 Å². The molecule has 0 amide bonds. The second kappa shape index (κ2) is 4.37. The van der Waals surface area contributed by atoms with Crippen LogP contribution >= 0.6 is 0 Å². The number of aromatic nitrogens is 1. The summed E-state index contributed by atoms with van der Waals surface area (Å²) in [7, 11) is 0. The summed E-state index contributed by atoms with van der Waals surface area (Å²) in [6.45, 7) is -0.449. The fourth-order valence-electron chi connectivity index (χ4n) is 1.41. The fourth-order valence-corrected chi connectivity index (χ4v) is 1.41. The van der Waals surface area contributed by atoms with Crippen molar-refractivity contribution in [3.63, 3.8) is 0 Å². The lowest BCUT2D eigenvalue weighted by atomic mass is 10.1. The normalized spacial score (nSPS) is 10.4. The van der Waals surface area contributed by atoms with Crippen LogP contribution < -0.4 is 0 Å². The third-order valence-corrected chi connectivity index (χ3v) is 2.23. The molecule has 0 fully saturated rings. The summed E-state index contributed by atoms with van der Waals surface area (Å²) in [4.78, 5) is 3.76. The van der Waals surface area contributed by atoms with Crippen LogP contribution in [0.3, 0.4) is 0 Å². The second-order valence-corrected chi connectivity index (χ2v) is 3.32. The largest absolute Gasteiger partial charge is 0.390 e. The monoisotopic (exact) mass is 221 g/mol. The van der Waals surface area contributed by atoms with Crippen molar-refractivity contribution in [1.29, 1.82) is 0 Å². The molecule has 82 valence electrons. The van der Waals surface area contributed by atoms with Gasteiger partial charge in [-0.1, -0.05) is 12.1 Å². The van der Waals surface area contributed by atoms with Crippen LogP contribution in [0, 0.1) is 11.6 Å². The minimum absolute atomic E-state index is 0.0137. The average molecular weight is 221 g/mol. The van der Waals surface area contributed by atoms with E-state index in [1.807, 2.05) is 0 Å². The highest BCUT2D eigenvalue weighted by molar-refractivity contribution is 5.62. The predicted molar refractivity (Wildman–Crippen MR) is 55.5 cm³/mol. The molecule has 1 heterocycles. The van der Waals surface area contributed by atoms with Crippen molar-refractivity contribution >= 4 is 0 Å². The maximum atomic E-state index is 13.3. The van der Waals surface area contributed by atoms with Gasteiger partial charge >= 0.3 is 0 Å². The summed E-state index contributed by atoms with van der Waals surface area (Å²) in [5, 5.41) is 8.76. The van der Waals surface area contributed by atoms with Gasteiger partial charge in [-0.05, 0) is 23.8 Å². The number of nitrogens with zero attached hydrogens (tertiary/aromatic N) is 1. The SMILES string of the molecule is OCc1ncc(-c2cccc(F)c2)cc1F. The third kappa shape index (κ3) is 2.06. The van der Waals surface area contributed by atoms with Crippen LogP contribution in [0.5, 0.6) is 0 Å². The summed E-state index contributed by atoms with van der Waals surface area (Å²) in [6, 6.07) is 7.05. The minimum atomic E-state index is -0.593. The van der Waals surface area contributed by atoms with Gasteiger partial charge in [0.1, 0.15) is 17.3 Å². The van der Waals surface area contributed by atoms with E-state index in [2.05, 4.69) is 4.98 Å². The van der Waals surface area contributed by atoms with Crippen molar-refractivity contribution in [3.05, 3.63) is 53.9 Å². The molecule has 0 bridgehead atoms. The van der Waals surface area contributed by atoms with E-state index in [1.165, 1.54) is 24.4 Å². The Kier molecular flexibility index (Phi) is 2.92. The van der Waals surface area contributed by atoms with Crippen LogP contribution in [0.15, 0.2) is 36.5 Å². The van der Waals surface area contributed by atoms with E-state index in [0.717, 1.165) is 0 Å². The molecule has 0 aliphatic carbocycles. The fraction of sp³-hybridized carbons (Fsp3) is 0.0833. The van der Waals surface area contributed by atoms with Crippen LogP contribution in [-0.2, 0) is 6.61 Å². The van der Waals surface area contributed by atoms with Crippen molar-refractivity contribution in [2.75, 3.05) is 0 Å². The lowest BCUT2D eigenvalue weighted by molar-refractivity contribution is 0.270. The van der Waals surface area contributed by atoms with Crippen LogP contribution in [-0.4, -0.2) is 10.1 Å². The van der Waals surface area contributed by atoms with Gasteiger partial charge in [0.15, 0.2) is 0 Å². The topological polar surface area (TPSA) is 33.1 Å². The smallest absolute Gasteiger partial charge is 0.147 e. The summed E-state index contributed by atoms with van der Waals surface area (Å²) >= 11 is 0. The van der Waals surface area contributed by atoms with Gasteiger partial charge in [-0.15, -0.1) is 0 Å². The number of hydrogen-bond acceptors (Lipinski definition) is 2. The van der Waals surface area contributed by atoms with Crippen LogP contribution in [0.2, 0.25) is 0 Å². The molecule has 1 aromatic carbocycles. The summed E-state index contributed by atoms with van der Waals surface area (Å²) < 4.78 is 26.3. The Morgan fingerprint density at radius 1 is 1.12 bits per heavy atom. The molecule has 0 saturated carbocycles. The molecule has 0 radical (unpaired) electrons. The Labute approximate surface area is 91.2 Å². The zero-order valence-corrected chi connectivity index (χ0v) is 8.32. The van der Waals surface area contributed by atoms with Crippen molar-refractivity contribution in [1.82, 2.24) is 4.98 Å². The van der Waals surface area contributed by atoms with Crippen LogP contribution in [0.4, 0.5) is 8.78 Å². The van der Waals surface area contributed by atoms with E-state index in [1.54, 1.807) is 12.1 Å². The summed E-state index contributed by atoms with van der Waals surface area (Å²) in [5.41, 5.74) is 1.02. The Morgan fingerprint density at radius 3 is 2.56 bits per heavy atom. The number of aliphatic hydroxyl groups is 1. The van der Waals surface area contributed by atoms with Crippen molar-refractivity contribution < 1.29 is 13.9 Å². The molecule has 2 nitrogen and oxygen atoms in total. The molecule has 2 rings (SSSR count). The number of halogens is 2. The highest BCUT2D eigenvalue weighted by atomic mass is 19.1. The number of pyridine rings is 1. The van der Waals surface area contributed by atoms with Crippen LogP contribution in [0.25, 0.3) is 11.1 Å². The maximum Gasteiger partial charge on any atom is 0.147 e. The zero-order chi connectivity index (χ0) is 11.5. The Morgan fingerprint density at radius 2 is 1.94 bits per heavy atom. The summed E-state index contributed by atoms with van der Waals surface area (Å²) in [6.07, 6.45) is 1.41. The molecular weight excluding hydrogens is 212 g/mol. The van der Waals surface area contributed by atoms with E-state index in [9.17, 15) is 8.78 Å². The average Bonchev–Trinajstić information content (AvgIpc) is 2.29. The van der Waals surface area contributed by atoms with Gasteiger partial charge in [-0.3, -0.25) is 4.98 Å². The summed E-state index contributed by atoms with van der Waals surface area (Å²) in [5.74, 6) is -0.978. The molecule has 4 heteroatoms. The maximum absolute atomic E-state index is 13.3. The Hall–Kier alpha value is -1.81. The van der Waals surface area contributed by atoms with E-state index >= 15 is 0 Å². The van der Waals surface area contributed by atoms with Gasteiger partial charge in [-0.2, -0.15) is 0 Å². The van der Waals surface area contributed by atoms with Gasteiger partial charge in [0.2, 0.25) is 0 Å². The van der Waals surface area contributed by atoms with Crippen molar-refractivity contribution in [3.8, 4) is 11.1 Å². The highest BCUT2D eigenvalue weighted by Gasteiger charge is 2.06. The van der Waals surface area contributed by atoms with E-state index in [4.69, 9.17) is 5.11 Å². The first-order chi connectivity index (χ1) is 7.70. The van der Waals surface area contributed by atoms with E-state index in [0.29, 0.717) is 11.1 Å². The Balaban J connectivity index is 2.45. The molecule has 1 N–H and O–H groups in total. The molecule has 0 spiro atoms. The third-order valence-electron chi connectivity index (χ3n) is 2.23. The lowest BCUT2D eigenvalue weighted by Crippen LogP contribution is -1.95. The molecular formula is C12H9F2NO. The van der Waals surface area contributed by atoms with Gasteiger partial charge in [0, 0.05) is 11.8 Å². The predicted octanol–water partition coefficient (Wildman–Crippen LogP) is 2.52. The number of rotatable bonds is 2. The quantitative estimate of drug-likeness (QED) is 0.845. The Bertz CT molecular complexity index is 514. The van der Waals surface area contributed by atoms with E-state index in [-0.39, 0.29) is 11.5 Å². The van der Waals surface area contributed by atoms with Gasteiger partial charge in [0.05, 0.1) is 6.61 Å². The molecule has 2 aromatic rings. The standard InChI is InChI=1S/C12H9F2NO/c13-10-3-1-2-8(4-10)9-5-11(14)12(7-16)15-6-9/h1-6,16H,7H2. The minimum Gasteiger partial charge on any atom is -0.390 e. The van der Waals surface area contributed by atoms with E-state index < -0.39 is 12.4 Å². The molecule has 1 aromatic heterocycles.